The van der Waals surface area contributed by atoms with Crippen LogP contribution in [0.15, 0.2) is 36.5 Å². The van der Waals surface area contributed by atoms with Gasteiger partial charge in [0.15, 0.2) is 5.82 Å². The molecule has 0 radical (unpaired) electrons. The van der Waals surface area contributed by atoms with Crippen molar-refractivity contribution in [3.05, 3.63) is 63.8 Å². The molecule has 7 nitrogen and oxygen atoms in total. The first-order valence-corrected chi connectivity index (χ1v) is 15.5. The number of nitrogens with one attached hydrogen (secondary N) is 3. The van der Waals surface area contributed by atoms with Crippen molar-refractivity contribution >= 4 is 69.3 Å². The van der Waals surface area contributed by atoms with Gasteiger partial charge in [0, 0.05) is 54.3 Å². The lowest BCUT2D eigenvalue weighted by atomic mass is 9.97. The third-order valence-corrected chi connectivity index (χ3v) is 7.34. The molecule has 0 saturated carbocycles. The molecule has 3 aromatic rings. The molecule has 10 heteroatoms. The fraction of sp³-hybridized carbons (Fsp3) is 0.292. The third-order valence-electron chi connectivity index (χ3n) is 5.76. The lowest BCUT2D eigenvalue weighted by Gasteiger charge is -2.30. The molecule has 0 spiro atoms. The molecule has 1 amide bonds. The van der Waals surface area contributed by atoms with Crippen LogP contribution in [-0.4, -0.2) is 39.9 Å². The van der Waals surface area contributed by atoms with Crippen LogP contribution in [0.4, 0.5) is 17.2 Å². The highest BCUT2D eigenvalue weighted by Crippen LogP contribution is 2.36. The zero-order chi connectivity index (χ0) is 24.4. The first-order valence-electron chi connectivity index (χ1n) is 11.0. The minimum atomic E-state index is 0.109. The Hall–Kier alpha value is -2.16. The van der Waals surface area contributed by atoms with Crippen LogP contribution in [0.1, 0.15) is 40.9 Å². The van der Waals surface area contributed by atoms with E-state index in [1.807, 2.05) is 47.0 Å². The van der Waals surface area contributed by atoms with Gasteiger partial charge in [0.25, 0.3) is 5.91 Å². The van der Waals surface area contributed by atoms with E-state index in [0.717, 1.165) is 47.6 Å². The molecule has 1 aliphatic rings. The lowest BCUT2D eigenvalue weighted by molar-refractivity contribution is 0.0720. The number of halogens is 2. The number of aromatic nitrogens is 2. The highest BCUT2D eigenvalue weighted by molar-refractivity contribution is 14.2. The summed E-state index contributed by atoms with van der Waals surface area (Å²) in [5.41, 5.74) is 5.87. The van der Waals surface area contributed by atoms with Gasteiger partial charge < -0.3 is 20.7 Å². The Labute approximate surface area is 219 Å². The summed E-state index contributed by atoms with van der Waals surface area (Å²) in [4.78, 5) is 14.8. The van der Waals surface area contributed by atoms with E-state index in [2.05, 4.69) is 52.4 Å². The smallest absolute Gasteiger partial charge is 0.254 e. The molecule has 0 saturated heterocycles. The summed E-state index contributed by atoms with van der Waals surface area (Å²) in [5, 5.41) is 19.5. The van der Waals surface area contributed by atoms with E-state index in [1.165, 1.54) is 6.21 Å². The Morgan fingerprint density at radius 3 is 2.76 bits per heavy atom. The standard InChI is InChI=1S/C24H27ClIN6OP/c1-14(2)12-31-9-8-16-10-17(4-5-18(16)24(31)33)32-13-15(3)23(29-32)28-21-7-6-20(30-34-26)19(11-27)22(21)25/h4-7,10-11,13-14,27,30,34H,8-9,12H2,1-3H3,(H,28,29). The zero-order valence-corrected chi connectivity index (χ0v) is 23.2. The SMILES string of the molecule is Cc1cn(-c2ccc3c(c2)CCN(CC(C)C)C3=O)nc1Nc1ccc(NPI)c(C=N)c1Cl. The van der Waals surface area contributed by atoms with Crippen LogP contribution in [0.5, 0.6) is 0 Å². The quantitative estimate of drug-likeness (QED) is 0.153. The van der Waals surface area contributed by atoms with Crippen molar-refractivity contribution in [2.24, 2.45) is 5.92 Å². The van der Waals surface area contributed by atoms with E-state index in [-0.39, 0.29) is 5.91 Å². The number of hydrogen-bond acceptors (Lipinski definition) is 5. The highest BCUT2D eigenvalue weighted by Gasteiger charge is 2.25. The van der Waals surface area contributed by atoms with Gasteiger partial charge in [-0.2, -0.15) is 0 Å². The van der Waals surface area contributed by atoms with Crippen LogP contribution >= 0.6 is 40.0 Å². The van der Waals surface area contributed by atoms with Crippen LogP contribution in [0.2, 0.25) is 5.02 Å². The maximum Gasteiger partial charge on any atom is 0.254 e. The van der Waals surface area contributed by atoms with Gasteiger partial charge in [-0.3, -0.25) is 4.79 Å². The summed E-state index contributed by atoms with van der Waals surface area (Å²) in [5.74, 6) is 1.25. The Morgan fingerprint density at radius 2 is 2.06 bits per heavy atom. The van der Waals surface area contributed by atoms with Crippen LogP contribution in [0.3, 0.4) is 0 Å². The van der Waals surface area contributed by atoms with Crippen molar-refractivity contribution in [1.29, 1.82) is 5.41 Å². The van der Waals surface area contributed by atoms with Crippen molar-refractivity contribution in [3.63, 3.8) is 0 Å². The first-order chi connectivity index (χ1) is 16.3. The monoisotopic (exact) mass is 608 g/mol. The van der Waals surface area contributed by atoms with Crippen molar-refractivity contribution in [2.45, 2.75) is 27.2 Å². The van der Waals surface area contributed by atoms with Gasteiger partial charge in [0.2, 0.25) is 0 Å². The number of aryl methyl sites for hydroxylation is 1. The predicted molar refractivity (Wildman–Crippen MR) is 151 cm³/mol. The van der Waals surface area contributed by atoms with Crippen molar-refractivity contribution in [3.8, 4) is 5.69 Å². The molecule has 0 bridgehead atoms. The third kappa shape index (κ3) is 5.09. The normalized spacial score (nSPS) is 13.6. The number of carbonyl (C=O) groups excluding carboxylic acids is 1. The number of amides is 1. The van der Waals surface area contributed by atoms with Crippen molar-refractivity contribution < 1.29 is 4.79 Å². The first kappa shape index (κ1) is 24.9. The fourth-order valence-electron chi connectivity index (χ4n) is 4.11. The van der Waals surface area contributed by atoms with E-state index >= 15 is 0 Å². The Bertz CT molecular complexity index is 1240. The van der Waals surface area contributed by atoms with E-state index in [1.54, 1.807) is 0 Å². The second-order valence-electron chi connectivity index (χ2n) is 8.72. The molecule has 1 aliphatic heterocycles. The summed E-state index contributed by atoms with van der Waals surface area (Å²) in [6, 6.07) is 9.71. The Kier molecular flexibility index (Phi) is 7.80. The number of nitrogens with zero attached hydrogens (tertiary/aromatic N) is 3. The van der Waals surface area contributed by atoms with Gasteiger partial charge >= 0.3 is 0 Å². The minimum absolute atomic E-state index is 0.109. The molecule has 34 heavy (non-hydrogen) atoms. The summed E-state index contributed by atoms with van der Waals surface area (Å²) >= 11 is 8.83. The van der Waals surface area contributed by atoms with Gasteiger partial charge in [0.1, 0.15) is 0 Å². The topological polar surface area (TPSA) is 86.0 Å². The van der Waals surface area contributed by atoms with Crippen LogP contribution in [0, 0.1) is 18.3 Å². The second kappa shape index (κ2) is 10.6. The van der Waals surface area contributed by atoms with Crippen LogP contribution < -0.4 is 10.4 Å². The van der Waals surface area contributed by atoms with Gasteiger partial charge in [-0.1, -0.05) is 25.4 Å². The summed E-state index contributed by atoms with van der Waals surface area (Å²) in [7, 11) is 0. The molecule has 178 valence electrons. The predicted octanol–water partition coefficient (Wildman–Crippen LogP) is 6.59. The Balaban J connectivity index is 1.59. The van der Waals surface area contributed by atoms with E-state index in [9.17, 15) is 4.79 Å². The van der Waals surface area contributed by atoms with Gasteiger partial charge in [-0.15, -0.1) is 5.10 Å². The number of hydrogen-bond donors (Lipinski definition) is 3. The lowest BCUT2D eigenvalue weighted by Crippen LogP contribution is -2.39. The average molecular weight is 609 g/mol. The van der Waals surface area contributed by atoms with E-state index in [0.29, 0.717) is 34.4 Å². The molecule has 0 fully saturated rings. The van der Waals surface area contributed by atoms with Gasteiger partial charge in [-0.05, 0) is 77.2 Å². The van der Waals surface area contributed by atoms with Crippen molar-refractivity contribution in [1.82, 2.24) is 14.7 Å². The number of rotatable bonds is 8. The van der Waals surface area contributed by atoms with E-state index < -0.39 is 0 Å². The summed E-state index contributed by atoms with van der Waals surface area (Å²) < 4.78 is 1.82. The van der Waals surface area contributed by atoms with Gasteiger partial charge in [0.05, 0.1) is 16.4 Å². The molecule has 1 unspecified atom stereocenters. The molecule has 3 N–H and O–H groups in total. The molecular weight excluding hydrogens is 582 g/mol. The number of benzene rings is 2. The van der Waals surface area contributed by atoms with E-state index in [4.69, 9.17) is 22.1 Å². The molecule has 1 aromatic heterocycles. The maximum atomic E-state index is 12.9. The van der Waals surface area contributed by atoms with Crippen molar-refractivity contribution in [2.75, 3.05) is 23.5 Å². The molecule has 2 aromatic carbocycles. The van der Waals surface area contributed by atoms with Crippen LogP contribution in [-0.2, 0) is 6.42 Å². The number of carbonyl (C=O) groups is 1. The Morgan fingerprint density at radius 1 is 1.29 bits per heavy atom. The molecule has 2 heterocycles. The molecular formula is C24H27ClIN6OP. The summed E-state index contributed by atoms with van der Waals surface area (Å²) in [6.07, 6.45) is 4.54. The largest absolute Gasteiger partial charge is 0.358 e. The number of anilines is 3. The van der Waals surface area contributed by atoms with Gasteiger partial charge in [-0.25, -0.2) is 4.68 Å². The second-order valence-corrected chi connectivity index (χ2v) is 11.2. The zero-order valence-electron chi connectivity index (χ0n) is 19.2. The highest BCUT2D eigenvalue weighted by atomic mass is 127. The molecule has 4 rings (SSSR count). The summed E-state index contributed by atoms with van der Waals surface area (Å²) in [6.45, 7) is 7.77. The average Bonchev–Trinajstić information content (AvgIpc) is 3.17. The fourth-order valence-corrected chi connectivity index (χ4v) is 5.57. The van der Waals surface area contributed by atoms with Crippen LogP contribution in [0.25, 0.3) is 5.69 Å². The minimum Gasteiger partial charge on any atom is -0.358 e. The maximum absolute atomic E-state index is 12.9. The molecule has 1 atom stereocenters. The molecule has 0 aliphatic carbocycles. The number of fused-ring (bicyclic) bond motifs is 1.